The molecule has 0 radical (unpaired) electrons. The molecular formula is C20H18F3N3O3S2. The topological polar surface area (TPSA) is 79.4 Å². The average molecular weight is 470 g/mol. The number of rotatable bonds is 8. The number of hydrogen-bond donors (Lipinski definition) is 1. The largest absolute Gasteiger partial charge is 0.302 e. The summed E-state index contributed by atoms with van der Waals surface area (Å²) in [5.41, 5.74) is 0.771. The second kappa shape index (κ2) is 9.58. The summed E-state index contributed by atoms with van der Waals surface area (Å²) < 4.78 is 65.4. The number of amides is 1. The second-order valence-electron chi connectivity index (χ2n) is 6.60. The molecule has 1 aromatic heterocycles. The summed E-state index contributed by atoms with van der Waals surface area (Å²) in [6.07, 6.45) is 0.299. The first-order chi connectivity index (χ1) is 14.7. The van der Waals surface area contributed by atoms with E-state index in [-0.39, 0.29) is 35.3 Å². The number of carbonyl (C=O) groups excluding carboxylic acids is 1. The van der Waals surface area contributed by atoms with Gasteiger partial charge in [0, 0.05) is 31.0 Å². The maximum absolute atomic E-state index is 13.4. The molecule has 31 heavy (non-hydrogen) atoms. The van der Waals surface area contributed by atoms with E-state index in [0.29, 0.717) is 11.3 Å². The van der Waals surface area contributed by atoms with Crippen LogP contribution in [0.3, 0.4) is 0 Å². The number of thiazole rings is 1. The Labute approximate surface area is 181 Å². The van der Waals surface area contributed by atoms with Crippen molar-refractivity contribution in [3.8, 4) is 11.3 Å². The molecule has 0 aliphatic rings. The molecule has 0 unspecified atom stereocenters. The number of hydrogen-bond acceptors (Lipinski definition) is 5. The first-order valence-corrected chi connectivity index (χ1v) is 11.4. The Bertz CT molecular complexity index is 1180. The lowest BCUT2D eigenvalue weighted by Crippen LogP contribution is -2.28. The first kappa shape index (κ1) is 22.9. The van der Waals surface area contributed by atoms with Crippen LogP contribution in [0.2, 0.25) is 0 Å². The van der Waals surface area contributed by atoms with Crippen LogP contribution in [0.25, 0.3) is 11.3 Å². The summed E-state index contributed by atoms with van der Waals surface area (Å²) >= 11 is 1.13. The van der Waals surface area contributed by atoms with Crippen molar-refractivity contribution in [2.45, 2.75) is 17.7 Å². The molecule has 0 aliphatic heterocycles. The van der Waals surface area contributed by atoms with Gasteiger partial charge in [-0.1, -0.05) is 0 Å². The molecule has 1 amide bonds. The van der Waals surface area contributed by atoms with Crippen LogP contribution < -0.4 is 5.32 Å². The van der Waals surface area contributed by atoms with E-state index >= 15 is 0 Å². The van der Waals surface area contributed by atoms with Crippen LogP contribution in [0.1, 0.15) is 12.8 Å². The van der Waals surface area contributed by atoms with Crippen LogP contribution in [0.4, 0.5) is 18.3 Å². The van der Waals surface area contributed by atoms with Crippen LogP contribution in [-0.4, -0.2) is 37.2 Å². The average Bonchev–Trinajstić information content (AvgIpc) is 3.18. The highest BCUT2D eigenvalue weighted by molar-refractivity contribution is 7.89. The van der Waals surface area contributed by atoms with E-state index in [1.54, 1.807) is 5.38 Å². The summed E-state index contributed by atoms with van der Waals surface area (Å²) in [6.45, 7) is 0.0884. The fraction of sp³-hybridized carbons (Fsp3) is 0.200. The summed E-state index contributed by atoms with van der Waals surface area (Å²) in [6, 6.07) is 7.90. The molecule has 1 heterocycles. The highest BCUT2D eigenvalue weighted by atomic mass is 32.2. The predicted molar refractivity (Wildman–Crippen MR) is 112 cm³/mol. The summed E-state index contributed by atoms with van der Waals surface area (Å²) in [5.74, 6) is -2.85. The minimum atomic E-state index is -3.78. The number of nitrogens with one attached hydrogen (secondary N) is 1. The smallest absolute Gasteiger partial charge is 0.242 e. The van der Waals surface area contributed by atoms with Crippen LogP contribution >= 0.6 is 11.3 Å². The standard InChI is InChI=1S/C20H18F3N3O3S2/c1-26(31(28,29)15-7-5-14(21)6-8-15)10-2-3-19(27)25-20-24-18(12-30-20)13-4-9-16(22)17(23)11-13/h4-9,11-12H,2-3,10H2,1H3,(H,24,25,27). The number of aromatic nitrogens is 1. The maximum Gasteiger partial charge on any atom is 0.242 e. The van der Waals surface area contributed by atoms with E-state index in [4.69, 9.17) is 0 Å². The summed E-state index contributed by atoms with van der Waals surface area (Å²) in [7, 11) is -2.40. The van der Waals surface area contributed by atoms with Crippen LogP contribution in [0.15, 0.2) is 52.7 Å². The van der Waals surface area contributed by atoms with E-state index in [1.165, 1.54) is 25.2 Å². The second-order valence-corrected chi connectivity index (χ2v) is 9.50. The molecule has 3 aromatic rings. The van der Waals surface area contributed by atoms with Crippen molar-refractivity contribution in [2.75, 3.05) is 18.9 Å². The fourth-order valence-electron chi connectivity index (χ4n) is 2.67. The number of anilines is 1. The van der Waals surface area contributed by atoms with Gasteiger partial charge in [0.25, 0.3) is 0 Å². The van der Waals surface area contributed by atoms with Crippen molar-refractivity contribution < 1.29 is 26.4 Å². The van der Waals surface area contributed by atoms with Crippen molar-refractivity contribution in [1.29, 1.82) is 0 Å². The lowest BCUT2D eigenvalue weighted by Gasteiger charge is -2.16. The summed E-state index contributed by atoms with van der Waals surface area (Å²) in [5, 5.41) is 4.49. The van der Waals surface area contributed by atoms with Gasteiger partial charge in [0.2, 0.25) is 15.9 Å². The Hall–Kier alpha value is -2.76. The van der Waals surface area contributed by atoms with Gasteiger partial charge in [-0.2, -0.15) is 0 Å². The molecule has 6 nitrogen and oxygen atoms in total. The molecule has 11 heteroatoms. The van der Waals surface area contributed by atoms with Gasteiger partial charge in [-0.05, 0) is 48.9 Å². The number of nitrogens with zero attached hydrogens (tertiary/aromatic N) is 2. The van der Waals surface area contributed by atoms with Crippen molar-refractivity contribution in [3.63, 3.8) is 0 Å². The number of carbonyl (C=O) groups is 1. The van der Waals surface area contributed by atoms with Crippen LogP contribution in [-0.2, 0) is 14.8 Å². The predicted octanol–water partition coefficient (Wildman–Crippen LogP) is 4.27. The lowest BCUT2D eigenvalue weighted by atomic mass is 10.2. The molecule has 2 aromatic carbocycles. The van der Waals surface area contributed by atoms with Crippen molar-refractivity contribution in [1.82, 2.24) is 9.29 Å². The minimum Gasteiger partial charge on any atom is -0.302 e. The Morgan fingerprint density at radius 1 is 1.10 bits per heavy atom. The van der Waals surface area contributed by atoms with Gasteiger partial charge in [-0.25, -0.2) is 30.9 Å². The van der Waals surface area contributed by atoms with Gasteiger partial charge in [-0.3, -0.25) is 4.79 Å². The normalized spacial score (nSPS) is 11.6. The highest BCUT2D eigenvalue weighted by Crippen LogP contribution is 2.26. The zero-order valence-electron chi connectivity index (χ0n) is 16.3. The third-order valence-corrected chi connectivity index (χ3v) is 6.99. The molecular weight excluding hydrogens is 451 g/mol. The first-order valence-electron chi connectivity index (χ1n) is 9.09. The van der Waals surface area contributed by atoms with E-state index in [0.717, 1.165) is 39.9 Å². The van der Waals surface area contributed by atoms with Gasteiger partial charge in [0.05, 0.1) is 10.6 Å². The van der Waals surface area contributed by atoms with Crippen LogP contribution in [0.5, 0.6) is 0 Å². The Balaban J connectivity index is 1.52. The van der Waals surface area contributed by atoms with Crippen LogP contribution in [0, 0.1) is 17.5 Å². The van der Waals surface area contributed by atoms with Gasteiger partial charge in [-0.15, -0.1) is 11.3 Å². The Morgan fingerprint density at radius 2 is 1.81 bits per heavy atom. The number of benzene rings is 2. The minimum absolute atomic E-state index is 0.0339. The quantitative estimate of drug-likeness (QED) is 0.535. The zero-order chi connectivity index (χ0) is 22.6. The third-order valence-electron chi connectivity index (χ3n) is 4.36. The van der Waals surface area contributed by atoms with Gasteiger partial charge in [0.1, 0.15) is 5.82 Å². The Morgan fingerprint density at radius 3 is 2.48 bits per heavy atom. The van der Waals surface area contributed by atoms with Gasteiger partial charge >= 0.3 is 0 Å². The summed E-state index contributed by atoms with van der Waals surface area (Å²) in [4.78, 5) is 16.3. The van der Waals surface area contributed by atoms with Crippen molar-refractivity contribution in [2.24, 2.45) is 0 Å². The number of halogens is 3. The molecule has 3 rings (SSSR count). The maximum atomic E-state index is 13.4. The molecule has 0 atom stereocenters. The fourth-order valence-corrected chi connectivity index (χ4v) is 4.62. The highest BCUT2D eigenvalue weighted by Gasteiger charge is 2.20. The van der Waals surface area contributed by atoms with Gasteiger partial charge in [0.15, 0.2) is 16.8 Å². The van der Waals surface area contributed by atoms with Gasteiger partial charge < -0.3 is 5.32 Å². The molecule has 0 aliphatic carbocycles. The molecule has 0 saturated carbocycles. The SMILES string of the molecule is CN(CCCC(=O)Nc1nc(-c2ccc(F)c(F)c2)cs1)S(=O)(=O)c1ccc(F)cc1. The van der Waals surface area contributed by atoms with E-state index in [9.17, 15) is 26.4 Å². The monoisotopic (exact) mass is 469 g/mol. The molecule has 0 saturated heterocycles. The lowest BCUT2D eigenvalue weighted by molar-refractivity contribution is -0.116. The van der Waals surface area contributed by atoms with E-state index < -0.39 is 27.5 Å². The molecule has 164 valence electrons. The molecule has 0 fully saturated rings. The molecule has 0 bridgehead atoms. The molecule has 1 N–H and O–H groups in total. The number of sulfonamides is 1. The van der Waals surface area contributed by atoms with E-state index in [1.807, 2.05) is 0 Å². The van der Waals surface area contributed by atoms with Crippen molar-refractivity contribution in [3.05, 3.63) is 65.3 Å². The molecule has 0 spiro atoms. The zero-order valence-corrected chi connectivity index (χ0v) is 17.9. The Kier molecular flexibility index (Phi) is 7.08. The third kappa shape index (κ3) is 5.69. The van der Waals surface area contributed by atoms with Crippen molar-refractivity contribution >= 4 is 32.4 Å². The van der Waals surface area contributed by atoms with E-state index in [2.05, 4.69) is 10.3 Å².